The van der Waals surface area contributed by atoms with Gasteiger partial charge in [0, 0.05) is 36.5 Å². The van der Waals surface area contributed by atoms with E-state index in [9.17, 15) is 27.5 Å². The second kappa shape index (κ2) is 7.74. The Balaban J connectivity index is 1.72. The van der Waals surface area contributed by atoms with Gasteiger partial charge in [-0.3, -0.25) is 9.59 Å². The molecule has 154 valence electrons. The fourth-order valence-corrected chi connectivity index (χ4v) is 3.95. The van der Waals surface area contributed by atoms with E-state index in [1.165, 1.54) is 41.3 Å². The molecule has 1 aliphatic heterocycles. The van der Waals surface area contributed by atoms with Gasteiger partial charge in [0.15, 0.2) is 9.84 Å². The number of nitrogens with zero attached hydrogens (tertiary/aromatic N) is 1. The van der Waals surface area contributed by atoms with Gasteiger partial charge in [0.25, 0.3) is 11.8 Å². The van der Waals surface area contributed by atoms with Crippen LogP contribution in [0.3, 0.4) is 0 Å². The van der Waals surface area contributed by atoms with E-state index in [2.05, 4.69) is 5.32 Å². The van der Waals surface area contributed by atoms with Crippen molar-refractivity contribution in [1.29, 1.82) is 0 Å². The summed E-state index contributed by atoms with van der Waals surface area (Å²) in [5.74, 6) is -2.29. The minimum absolute atomic E-state index is 0.0762. The molecule has 2 aromatic rings. The van der Waals surface area contributed by atoms with Crippen molar-refractivity contribution in [2.75, 3.05) is 17.7 Å². The third kappa shape index (κ3) is 4.42. The van der Waals surface area contributed by atoms with Crippen LogP contribution in [0.2, 0.25) is 5.02 Å². The first-order valence-corrected chi connectivity index (χ1v) is 10.9. The molecule has 1 atom stereocenters. The summed E-state index contributed by atoms with van der Waals surface area (Å²) in [6.45, 7) is -0.0400. The first kappa shape index (κ1) is 21.2. The van der Waals surface area contributed by atoms with Crippen LogP contribution in [0.4, 0.5) is 10.1 Å². The van der Waals surface area contributed by atoms with Crippen molar-refractivity contribution in [1.82, 2.24) is 5.32 Å². The second-order valence-electron chi connectivity index (χ2n) is 6.79. The van der Waals surface area contributed by atoms with Gasteiger partial charge in [0.1, 0.15) is 5.82 Å². The number of sulfone groups is 1. The van der Waals surface area contributed by atoms with Crippen LogP contribution in [0.5, 0.6) is 0 Å². The zero-order chi connectivity index (χ0) is 21.4. The quantitative estimate of drug-likeness (QED) is 0.688. The van der Waals surface area contributed by atoms with Gasteiger partial charge in [0.05, 0.1) is 4.90 Å². The van der Waals surface area contributed by atoms with Crippen molar-refractivity contribution < 1.29 is 27.5 Å². The third-order valence-corrected chi connectivity index (χ3v) is 5.97. The summed E-state index contributed by atoms with van der Waals surface area (Å²) in [4.78, 5) is 26.5. The van der Waals surface area contributed by atoms with Gasteiger partial charge in [-0.15, -0.1) is 0 Å². The third-order valence-electron chi connectivity index (χ3n) is 4.62. The number of aliphatic hydroxyl groups is 1. The van der Waals surface area contributed by atoms with Gasteiger partial charge in [0.2, 0.25) is 5.60 Å². The SMILES string of the molecule is CS(=O)(=O)c1ccc(N2CCC(O)(C(=O)NCc3cc(F)cc(Cl)c3)C2=O)cc1. The molecule has 0 bridgehead atoms. The molecule has 0 aliphatic carbocycles. The number of hydrogen-bond acceptors (Lipinski definition) is 5. The van der Waals surface area contributed by atoms with E-state index in [0.29, 0.717) is 11.3 Å². The second-order valence-corrected chi connectivity index (χ2v) is 9.25. The normalized spacial score (nSPS) is 19.4. The van der Waals surface area contributed by atoms with Crippen LogP contribution in [0.25, 0.3) is 0 Å². The number of benzene rings is 2. The predicted octanol–water partition coefficient (Wildman–Crippen LogP) is 1.67. The van der Waals surface area contributed by atoms with Crippen LogP contribution in [-0.2, 0) is 26.0 Å². The molecule has 0 radical (unpaired) electrons. The Morgan fingerprint density at radius 2 is 1.93 bits per heavy atom. The molecular formula is C19H18ClFN2O5S. The van der Waals surface area contributed by atoms with Crippen molar-refractivity contribution in [2.45, 2.75) is 23.5 Å². The van der Waals surface area contributed by atoms with E-state index in [0.717, 1.165) is 12.3 Å². The lowest BCUT2D eigenvalue weighted by atomic mass is 10.0. The van der Waals surface area contributed by atoms with Crippen molar-refractivity contribution in [3.8, 4) is 0 Å². The summed E-state index contributed by atoms with van der Waals surface area (Å²) in [5.41, 5.74) is -1.53. The number of nitrogens with one attached hydrogen (secondary N) is 1. The molecule has 2 aromatic carbocycles. The highest BCUT2D eigenvalue weighted by atomic mass is 35.5. The number of carbonyl (C=O) groups is 2. The highest BCUT2D eigenvalue weighted by molar-refractivity contribution is 7.90. The van der Waals surface area contributed by atoms with E-state index >= 15 is 0 Å². The predicted molar refractivity (Wildman–Crippen MR) is 105 cm³/mol. The van der Waals surface area contributed by atoms with Crippen LogP contribution in [0.15, 0.2) is 47.4 Å². The average Bonchev–Trinajstić information content (AvgIpc) is 2.94. The lowest BCUT2D eigenvalue weighted by molar-refractivity contribution is -0.149. The molecule has 1 unspecified atom stereocenters. The number of halogens is 2. The molecule has 10 heteroatoms. The summed E-state index contributed by atoms with van der Waals surface area (Å²) in [6, 6.07) is 9.34. The first-order chi connectivity index (χ1) is 13.5. The van der Waals surface area contributed by atoms with Gasteiger partial charge in [-0.1, -0.05) is 11.6 Å². The van der Waals surface area contributed by atoms with Gasteiger partial charge in [-0.05, 0) is 48.0 Å². The molecule has 2 amide bonds. The van der Waals surface area contributed by atoms with Crippen LogP contribution in [0, 0.1) is 5.82 Å². The monoisotopic (exact) mass is 440 g/mol. The Bertz CT molecular complexity index is 1050. The standard InChI is InChI=1S/C19H18ClFN2O5S/c1-29(27,28)16-4-2-15(3-5-16)23-7-6-19(26,18(23)25)17(24)22-11-12-8-13(20)10-14(21)9-12/h2-5,8-10,26H,6-7,11H2,1H3,(H,22,24). The number of hydrogen-bond donors (Lipinski definition) is 2. The van der Waals surface area contributed by atoms with E-state index in [1.807, 2.05) is 0 Å². The van der Waals surface area contributed by atoms with Crippen molar-refractivity contribution >= 4 is 38.9 Å². The Labute approximate surface area is 172 Å². The number of carbonyl (C=O) groups excluding carboxylic acids is 2. The molecule has 2 N–H and O–H groups in total. The van der Waals surface area contributed by atoms with Gasteiger partial charge >= 0.3 is 0 Å². The van der Waals surface area contributed by atoms with E-state index in [-0.39, 0.29) is 29.4 Å². The highest BCUT2D eigenvalue weighted by Gasteiger charge is 2.51. The highest BCUT2D eigenvalue weighted by Crippen LogP contribution is 2.29. The fraction of sp³-hybridized carbons (Fsp3) is 0.263. The van der Waals surface area contributed by atoms with Gasteiger partial charge in [-0.25, -0.2) is 12.8 Å². The lowest BCUT2D eigenvalue weighted by Gasteiger charge is -2.22. The van der Waals surface area contributed by atoms with E-state index in [4.69, 9.17) is 11.6 Å². The summed E-state index contributed by atoms with van der Waals surface area (Å²) in [7, 11) is -3.39. The maximum Gasteiger partial charge on any atom is 0.268 e. The molecular weight excluding hydrogens is 423 g/mol. The van der Waals surface area contributed by atoms with Crippen LogP contribution >= 0.6 is 11.6 Å². The fourth-order valence-electron chi connectivity index (χ4n) is 3.08. The van der Waals surface area contributed by atoms with Crippen LogP contribution in [-0.4, -0.2) is 43.7 Å². The van der Waals surface area contributed by atoms with E-state index in [1.54, 1.807) is 0 Å². The van der Waals surface area contributed by atoms with Crippen molar-refractivity contribution in [3.05, 3.63) is 58.9 Å². The Morgan fingerprint density at radius 1 is 1.28 bits per heavy atom. The molecule has 0 aromatic heterocycles. The number of anilines is 1. The first-order valence-electron chi connectivity index (χ1n) is 8.58. The number of rotatable bonds is 5. The summed E-state index contributed by atoms with van der Waals surface area (Å²) >= 11 is 5.77. The lowest BCUT2D eigenvalue weighted by Crippen LogP contribution is -2.52. The number of amides is 2. The van der Waals surface area contributed by atoms with Crippen molar-refractivity contribution in [2.24, 2.45) is 0 Å². The van der Waals surface area contributed by atoms with Crippen molar-refractivity contribution in [3.63, 3.8) is 0 Å². The topological polar surface area (TPSA) is 104 Å². The maximum absolute atomic E-state index is 13.4. The minimum Gasteiger partial charge on any atom is -0.372 e. The zero-order valence-electron chi connectivity index (χ0n) is 15.4. The molecule has 3 rings (SSSR count). The van der Waals surface area contributed by atoms with Gasteiger partial charge in [-0.2, -0.15) is 0 Å². The molecule has 0 spiro atoms. The average molecular weight is 441 g/mol. The molecule has 1 fully saturated rings. The zero-order valence-corrected chi connectivity index (χ0v) is 16.9. The molecule has 7 nitrogen and oxygen atoms in total. The summed E-state index contributed by atoms with van der Waals surface area (Å²) in [6.07, 6.45) is 0.924. The summed E-state index contributed by atoms with van der Waals surface area (Å²) < 4.78 is 36.5. The minimum atomic E-state index is -3.39. The van der Waals surface area contributed by atoms with Crippen LogP contribution < -0.4 is 10.2 Å². The Morgan fingerprint density at radius 3 is 2.52 bits per heavy atom. The molecule has 29 heavy (non-hydrogen) atoms. The van der Waals surface area contributed by atoms with Gasteiger partial charge < -0.3 is 15.3 Å². The smallest absolute Gasteiger partial charge is 0.268 e. The van der Waals surface area contributed by atoms with E-state index < -0.39 is 33.1 Å². The largest absolute Gasteiger partial charge is 0.372 e. The molecule has 1 aliphatic rings. The summed E-state index contributed by atoms with van der Waals surface area (Å²) in [5, 5.41) is 13.2. The molecule has 1 saturated heterocycles. The molecule has 1 heterocycles. The maximum atomic E-state index is 13.4. The van der Waals surface area contributed by atoms with Crippen LogP contribution in [0.1, 0.15) is 12.0 Å². The Hall–Kier alpha value is -2.49. The molecule has 0 saturated carbocycles. The Kier molecular flexibility index (Phi) is 5.66.